The second-order valence-electron chi connectivity index (χ2n) is 7.77. The molecule has 2 aromatic rings. The van der Waals surface area contributed by atoms with Crippen LogP contribution in [0.1, 0.15) is 60.6 Å². The largest absolute Gasteiger partial charge is 0.449 e. The van der Waals surface area contributed by atoms with Crippen molar-refractivity contribution >= 4 is 28.8 Å². The van der Waals surface area contributed by atoms with Gasteiger partial charge in [-0.1, -0.05) is 31.0 Å². The highest BCUT2D eigenvalue weighted by molar-refractivity contribution is 6.06. The standard InChI is InChI=1S/C22H25N3O4/c1-13(20(26)25-22(28)23-14-7-2-3-8-14)29-21(27)19-15-9-4-5-11-17(15)24-18-12-6-10-16(18)19/h4-5,9,11,13-14H,2-3,6-8,10,12H2,1H3,(H2,23,25,26,28)/t13-/m0/s1. The summed E-state index contributed by atoms with van der Waals surface area (Å²) in [4.78, 5) is 42.0. The molecular formula is C22H25N3O4. The van der Waals surface area contributed by atoms with Crippen molar-refractivity contribution in [2.75, 3.05) is 0 Å². The van der Waals surface area contributed by atoms with E-state index >= 15 is 0 Å². The fourth-order valence-corrected chi connectivity index (χ4v) is 4.22. The van der Waals surface area contributed by atoms with Gasteiger partial charge < -0.3 is 10.1 Å². The minimum absolute atomic E-state index is 0.103. The van der Waals surface area contributed by atoms with Gasteiger partial charge in [-0.2, -0.15) is 0 Å². The van der Waals surface area contributed by atoms with Gasteiger partial charge in [0.15, 0.2) is 6.10 Å². The fraction of sp³-hybridized carbons (Fsp3) is 0.455. The quantitative estimate of drug-likeness (QED) is 0.776. The third-order valence-electron chi connectivity index (χ3n) is 5.70. The van der Waals surface area contributed by atoms with Crippen molar-refractivity contribution in [1.82, 2.24) is 15.6 Å². The molecule has 7 heteroatoms. The van der Waals surface area contributed by atoms with Gasteiger partial charge in [0.25, 0.3) is 5.91 Å². The second-order valence-corrected chi connectivity index (χ2v) is 7.77. The highest BCUT2D eigenvalue weighted by Crippen LogP contribution is 2.30. The summed E-state index contributed by atoms with van der Waals surface area (Å²) in [6, 6.07) is 7.01. The number of esters is 1. The van der Waals surface area contributed by atoms with E-state index in [0.29, 0.717) is 5.56 Å². The molecule has 0 bridgehead atoms. The van der Waals surface area contributed by atoms with Gasteiger partial charge in [-0.3, -0.25) is 15.1 Å². The lowest BCUT2D eigenvalue weighted by atomic mass is 10.0. The zero-order valence-corrected chi connectivity index (χ0v) is 16.5. The molecule has 3 amide bonds. The number of urea groups is 1. The van der Waals surface area contributed by atoms with E-state index in [1.165, 1.54) is 6.92 Å². The Morgan fingerprint density at radius 3 is 2.66 bits per heavy atom. The van der Waals surface area contributed by atoms with Crippen molar-refractivity contribution in [2.24, 2.45) is 0 Å². The van der Waals surface area contributed by atoms with Gasteiger partial charge in [-0.25, -0.2) is 9.59 Å². The van der Waals surface area contributed by atoms with Crippen molar-refractivity contribution in [3.8, 4) is 0 Å². The molecule has 0 unspecified atom stereocenters. The molecule has 7 nitrogen and oxygen atoms in total. The molecule has 1 aromatic heterocycles. The third kappa shape index (κ3) is 4.09. The van der Waals surface area contributed by atoms with Crippen molar-refractivity contribution in [1.29, 1.82) is 0 Å². The number of hydrogen-bond acceptors (Lipinski definition) is 5. The Balaban J connectivity index is 1.46. The molecule has 29 heavy (non-hydrogen) atoms. The summed E-state index contributed by atoms with van der Waals surface area (Å²) in [6.45, 7) is 1.47. The molecule has 0 aliphatic heterocycles. The molecule has 152 valence electrons. The summed E-state index contributed by atoms with van der Waals surface area (Å²) in [7, 11) is 0. The summed E-state index contributed by atoms with van der Waals surface area (Å²) in [5.74, 6) is -1.19. The Morgan fingerprint density at radius 1 is 1.10 bits per heavy atom. The maximum atomic E-state index is 13.0. The van der Waals surface area contributed by atoms with Crippen molar-refractivity contribution < 1.29 is 19.1 Å². The zero-order chi connectivity index (χ0) is 20.4. The maximum Gasteiger partial charge on any atom is 0.339 e. The number of carbonyl (C=O) groups excluding carboxylic acids is 3. The number of benzene rings is 1. The number of ether oxygens (including phenoxy) is 1. The lowest BCUT2D eigenvalue weighted by molar-refractivity contribution is -0.127. The number of amides is 3. The first-order chi connectivity index (χ1) is 14.0. The van der Waals surface area contributed by atoms with E-state index in [-0.39, 0.29) is 6.04 Å². The Labute approximate surface area is 169 Å². The first kappa shape index (κ1) is 19.4. The van der Waals surface area contributed by atoms with E-state index in [0.717, 1.165) is 67.1 Å². The molecule has 1 saturated carbocycles. The first-order valence-corrected chi connectivity index (χ1v) is 10.3. The predicted molar refractivity (Wildman–Crippen MR) is 108 cm³/mol. The van der Waals surface area contributed by atoms with Crippen LogP contribution in [0.15, 0.2) is 24.3 Å². The van der Waals surface area contributed by atoms with Gasteiger partial charge in [0.05, 0.1) is 11.1 Å². The van der Waals surface area contributed by atoms with Crippen molar-refractivity contribution in [3.63, 3.8) is 0 Å². The molecule has 1 aromatic carbocycles. The Hall–Kier alpha value is -2.96. The zero-order valence-electron chi connectivity index (χ0n) is 16.5. The van der Waals surface area contributed by atoms with Crippen LogP contribution in [0.25, 0.3) is 10.9 Å². The van der Waals surface area contributed by atoms with E-state index in [2.05, 4.69) is 15.6 Å². The topological polar surface area (TPSA) is 97.4 Å². The number of aromatic nitrogens is 1. The fourth-order valence-electron chi connectivity index (χ4n) is 4.22. The van der Waals surface area contributed by atoms with Crippen LogP contribution in [-0.2, 0) is 22.4 Å². The van der Waals surface area contributed by atoms with Gasteiger partial charge in [0, 0.05) is 17.1 Å². The number of para-hydroxylation sites is 1. The minimum atomic E-state index is -1.08. The molecule has 4 rings (SSSR count). The van der Waals surface area contributed by atoms with Crippen molar-refractivity contribution in [3.05, 3.63) is 41.1 Å². The lowest BCUT2D eigenvalue weighted by Crippen LogP contribution is -2.47. The van der Waals surface area contributed by atoms with Gasteiger partial charge >= 0.3 is 12.0 Å². The van der Waals surface area contributed by atoms with Crippen LogP contribution in [0, 0.1) is 0 Å². The Kier molecular flexibility index (Phi) is 5.47. The van der Waals surface area contributed by atoms with Crippen LogP contribution in [0.2, 0.25) is 0 Å². The van der Waals surface area contributed by atoms with Crippen LogP contribution in [0.4, 0.5) is 4.79 Å². The Bertz CT molecular complexity index is 966. The molecular weight excluding hydrogens is 370 g/mol. The molecule has 0 spiro atoms. The molecule has 1 heterocycles. The average Bonchev–Trinajstić information content (AvgIpc) is 3.37. The monoisotopic (exact) mass is 395 g/mol. The van der Waals surface area contributed by atoms with E-state index < -0.39 is 24.0 Å². The lowest BCUT2D eigenvalue weighted by Gasteiger charge is -2.17. The molecule has 0 radical (unpaired) electrons. The number of fused-ring (bicyclic) bond motifs is 2. The van der Waals surface area contributed by atoms with Crippen LogP contribution < -0.4 is 10.6 Å². The molecule has 0 saturated heterocycles. The Morgan fingerprint density at radius 2 is 1.86 bits per heavy atom. The third-order valence-corrected chi connectivity index (χ3v) is 5.70. The number of imide groups is 1. The normalized spacial score (nSPS) is 17.0. The molecule has 2 aliphatic rings. The molecule has 1 fully saturated rings. The summed E-state index contributed by atoms with van der Waals surface area (Å²) in [5.41, 5.74) is 3.05. The van der Waals surface area contributed by atoms with E-state index in [4.69, 9.17) is 4.74 Å². The summed E-state index contributed by atoms with van der Waals surface area (Å²) >= 11 is 0. The van der Waals surface area contributed by atoms with E-state index in [9.17, 15) is 14.4 Å². The summed E-state index contributed by atoms with van der Waals surface area (Å²) in [5, 5.41) is 5.79. The summed E-state index contributed by atoms with van der Waals surface area (Å²) in [6.07, 6.45) is 5.46. The SMILES string of the molecule is C[C@H](OC(=O)c1c2c(nc3ccccc13)CCC2)C(=O)NC(=O)NC1CCCC1. The van der Waals surface area contributed by atoms with Gasteiger partial charge in [-0.05, 0) is 50.7 Å². The van der Waals surface area contributed by atoms with Gasteiger partial charge in [0.1, 0.15) is 0 Å². The van der Waals surface area contributed by atoms with Crippen LogP contribution >= 0.6 is 0 Å². The highest BCUT2D eigenvalue weighted by atomic mass is 16.5. The maximum absolute atomic E-state index is 13.0. The van der Waals surface area contributed by atoms with Gasteiger partial charge in [0.2, 0.25) is 0 Å². The number of carbonyl (C=O) groups is 3. The van der Waals surface area contributed by atoms with E-state index in [1.54, 1.807) is 0 Å². The minimum Gasteiger partial charge on any atom is -0.449 e. The number of rotatable bonds is 4. The first-order valence-electron chi connectivity index (χ1n) is 10.3. The number of aryl methyl sites for hydroxylation is 1. The highest BCUT2D eigenvalue weighted by Gasteiger charge is 2.28. The average molecular weight is 395 g/mol. The van der Waals surface area contributed by atoms with E-state index in [1.807, 2.05) is 24.3 Å². The molecule has 2 aliphatic carbocycles. The predicted octanol–water partition coefficient (Wildman–Crippen LogP) is 3.04. The molecule has 2 N–H and O–H groups in total. The number of nitrogens with one attached hydrogen (secondary N) is 2. The summed E-state index contributed by atoms with van der Waals surface area (Å²) < 4.78 is 5.44. The van der Waals surface area contributed by atoms with Gasteiger partial charge in [-0.15, -0.1) is 0 Å². The van der Waals surface area contributed by atoms with Crippen molar-refractivity contribution in [2.45, 2.75) is 64.0 Å². The number of hydrogen-bond donors (Lipinski definition) is 2. The number of nitrogens with zero attached hydrogens (tertiary/aromatic N) is 1. The smallest absolute Gasteiger partial charge is 0.339 e. The van der Waals surface area contributed by atoms with Crippen LogP contribution in [0.5, 0.6) is 0 Å². The molecule has 1 atom stereocenters. The number of pyridine rings is 1. The van der Waals surface area contributed by atoms with Crippen LogP contribution in [0.3, 0.4) is 0 Å². The van der Waals surface area contributed by atoms with Crippen LogP contribution in [-0.4, -0.2) is 35.0 Å². The second kappa shape index (κ2) is 8.19.